The average molecular weight is 200 g/mol. The van der Waals surface area contributed by atoms with Gasteiger partial charge in [-0.15, -0.1) is 0 Å². The molecule has 1 aromatic carbocycles. The van der Waals surface area contributed by atoms with Gasteiger partial charge in [0.25, 0.3) is 0 Å². The van der Waals surface area contributed by atoms with Crippen LogP contribution >= 0.6 is 0 Å². The first-order valence-corrected chi connectivity index (χ1v) is 5.59. The molecule has 0 saturated heterocycles. The smallest absolute Gasteiger partial charge is 0.123 e. The first-order chi connectivity index (χ1) is 7.31. The van der Waals surface area contributed by atoms with Gasteiger partial charge < -0.3 is 10.3 Å². The van der Waals surface area contributed by atoms with Crippen molar-refractivity contribution in [2.24, 2.45) is 0 Å². The second-order valence-corrected chi connectivity index (χ2v) is 4.02. The predicted molar refractivity (Wildman–Crippen MR) is 68.0 cm³/mol. The van der Waals surface area contributed by atoms with Crippen LogP contribution in [0.5, 0.6) is 0 Å². The first-order valence-electron chi connectivity index (χ1n) is 5.59. The van der Waals surface area contributed by atoms with E-state index in [1.54, 1.807) is 0 Å². The van der Waals surface area contributed by atoms with Crippen LogP contribution in [-0.2, 0) is 6.42 Å². The molecular formula is C12H17BN2. The summed E-state index contributed by atoms with van der Waals surface area (Å²) in [5.74, 6) is 0.536. The molecule has 2 rings (SSSR count). The number of likely N-dealkylation sites (N-methyl/N-ethyl adjacent to an activating group) is 1. The van der Waals surface area contributed by atoms with Crippen molar-refractivity contribution in [3.63, 3.8) is 0 Å². The summed E-state index contributed by atoms with van der Waals surface area (Å²) in [6.07, 6.45) is 3.20. The number of aromatic amines is 1. The van der Waals surface area contributed by atoms with E-state index in [9.17, 15) is 0 Å². The van der Waals surface area contributed by atoms with Crippen LogP contribution in [-0.4, -0.2) is 25.3 Å². The Morgan fingerprint density at radius 3 is 3.00 bits per heavy atom. The van der Waals surface area contributed by atoms with Crippen molar-refractivity contribution in [1.82, 2.24) is 10.3 Å². The molecule has 2 aromatic rings. The third-order valence-electron chi connectivity index (χ3n) is 2.75. The lowest BCUT2D eigenvalue weighted by atomic mass is 9.89. The van der Waals surface area contributed by atoms with Gasteiger partial charge in [-0.3, -0.25) is 0 Å². The summed E-state index contributed by atoms with van der Waals surface area (Å²) >= 11 is 0. The third kappa shape index (κ3) is 2.24. The van der Waals surface area contributed by atoms with Crippen LogP contribution in [0.1, 0.15) is 12.5 Å². The van der Waals surface area contributed by atoms with Crippen LogP contribution in [0.15, 0.2) is 30.5 Å². The SMILES string of the molecule is BC(Cc1c[nH]c2ccccc12)NCC. The molecule has 0 aliphatic carbocycles. The molecule has 2 N–H and O–H groups in total. The molecule has 0 saturated carbocycles. The van der Waals surface area contributed by atoms with Crippen LogP contribution in [0.3, 0.4) is 0 Å². The number of hydrogen-bond donors (Lipinski definition) is 2. The molecule has 0 radical (unpaired) electrons. The van der Waals surface area contributed by atoms with Gasteiger partial charge in [-0.05, 0) is 30.5 Å². The highest BCUT2D eigenvalue weighted by atomic mass is 14.9. The number of H-pyrrole nitrogens is 1. The molecule has 0 aliphatic rings. The Balaban J connectivity index is 2.21. The summed E-state index contributed by atoms with van der Waals surface area (Å²) in [6, 6.07) is 8.46. The summed E-state index contributed by atoms with van der Waals surface area (Å²) in [7, 11) is 2.23. The van der Waals surface area contributed by atoms with Crippen molar-refractivity contribution in [3.05, 3.63) is 36.0 Å². The molecule has 0 bridgehead atoms. The van der Waals surface area contributed by atoms with E-state index in [-0.39, 0.29) is 0 Å². The highest BCUT2D eigenvalue weighted by Gasteiger charge is 2.06. The van der Waals surface area contributed by atoms with E-state index < -0.39 is 0 Å². The number of para-hydroxylation sites is 1. The Morgan fingerprint density at radius 1 is 1.40 bits per heavy atom. The number of fused-ring (bicyclic) bond motifs is 1. The Kier molecular flexibility index (Phi) is 3.12. The highest BCUT2D eigenvalue weighted by molar-refractivity contribution is 6.12. The molecule has 0 amide bonds. The molecule has 1 atom stereocenters. The van der Waals surface area contributed by atoms with Gasteiger partial charge in [0.2, 0.25) is 0 Å². The lowest BCUT2D eigenvalue weighted by Gasteiger charge is -2.10. The fraction of sp³-hybridized carbons (Fsp3) is 0.333. The van der Waals surface area contributed by atoms with Gasteiger partial charge in [-0.1, -0.05) is 25.1 Å². The number of benzene rings is 1. The summed E-state index contributed by atoms with van der Waals surface area (Å²) in [6.45, 7) is 3.18. The topological polar surface area (TPSA) is 27.8 Å². The maximum absolute atomic E-state index is 3.43. The lowest BCUT2D eigenvalue weighted by molar-refractivity contribution is 0.664. The normalized spacial score (nSPS) is 13.1. The van der Waals surface area contributed by atoms with Gasteiger partial charge in [-0.25, -0.2) is 0 Å². The molecule has 15 heavy (non-hydrogen) atoms. The molecule has 0 fully saturated rings. The van der Waals surface area contributed by atoms with Crippen molar-refractivity contribution >= 4 is 18.7 Å². The van der Waals surface area contributed by atoms with Crippen LogP contribution < -0.4 is 5.32 Å². The van der Waals surface area contributed by atoms with Gasteiger partial charge in [0.05, 0.1) is 0 Å². The van der Waals surface area contributed by atoms with Crippen LogP contribution in [0.4, 0.5) is 0 Å². The molecule has 0 spiro atoms. The largest absolute Gasteiger partial charge is 0.361 e. The van der Waals surface area contributed by atoms with Crippen molar-refractivity contribution in [3.8, 4) is 0 Å². The Hall–Kier alpha value is -1.22. The van der Waals surface area contributed by atoms with Gasteiger partial charge in [0, 0.05) is 17.1 Å². The zero-order valence-electron chi connectivity index (χ0n) is 9.38. The molecule has 1 unspecified atom stereocenters. The number of nitrogens with one attached hydrogen (secondary N) is 2. The standard InChI is InChI=1S/C12H17BN2/c1-2-14-12(13)7-9-8-15-11-6-4-3-5-10(9)11/h3-6,8,12,14-15H,2,7,13H2,1H3. The number of rotatable bonds is 4. The average Bonchev–Trinajstić information content (AvgIpc) is 2.62. The quantitative estimate of drug-likeness (QED) is 0.715. The second-order valence-electron chi connectivity index (χ2n) is 4.02. The first kappa shape index (κ1) is 10.3. The van der Waals surface area contributed by atoms with Crippen molar-refractivity contribution in [1.29, 1.82) is 0 Å². The maximum atomic E-state index is 3.43. The minimum absolute atomic E-state index is 0.536. The minimum Gasteiger partial charge on any atom is -0.361 e. The molecule has 2 nitrogen and oxygen atoms in total. The van der Waals surface area contributed by atoms with Crippen molar-refractivity contribution in [2.45, 2.75) is 19.3 Å². The summed E-state index contributed by atoms with van der Waals surface area (Å²) in [5.41, 5.74) is 2.63. The Labute approximate surface area is 91.5 Å². The fourth-order valence-electron chi connectivity index (χ4n) is 2.05. The molecule has 1 heterocycles. The minimum atomic E-state index is 0.536. The monoisotopic (exact) mass is 200 g/mol. The van der Waals surface area contributed by atoms with Gasteiger partial charge in [0.1, 0.15) is 7.85 Å². The third-order valence-corrected chi connectivity index (χ3v) is 2.75. The lowest BCUT2D eigenvalue weighted by Crippen LogP contribution is -2.30. The predicted octanol–water partition coefficient (Wildman–Crippen LogP) is 1.28. The number of hydrogen-bond acceptors (Lipinski definition) is 1. The van der Waals surface area contributed by atoms with Gasteiger partial charge in [-0.2, -0.15) is 0 Å². The van der Waals surface area contributed by atoms with Crippen LogP contribution in [0.2, 0.25) is 0 Å². The molecular weight excluding hydrogens is 183 g/mol. The van der Waals surface area contributed by atoms with E-state index in [4.69, 9.17) is 0 Å². The fourth-order valence-corrected chi connectivity index (χ4v) is 2.05. The van der Waals surface area contributed by atoms with Gasteiger partial charge >= 0.3 is 0 Å². The second kappa shape index (κ2) is 4.54. The molecule has 3 heteroatoms. The molecule has 0 aliphatic heterocycles. The highest BCUT2D eigenvalue weighted by Crippen LogP contribution is 2.18. The van der Waals surface area contributed by atoms with E-state index in [1.165, 1.54) is 16.5 Å². The van der Waals surface area contributed by atoms with E-state index >= 15 is 0 Å². The van der Waals surface area contributed by atoms with E-state index in [0.29, 0.717) is 5.94 Å². The summed E-state index contributed by atoms with van der Waals surface area (Å²) < 4.78 is 0. The zero-order valence-corrected chi connectivity index (χ0v) is 9.38. The Morgan fingerprint density at radius 2 is 2.20 bits per heavy atom. The molecule has 1 aromatic heterocycles. The van der Waals surface area contributed by atoms with E-state index in [0.717, 1.165) is 13.0 Å². The maximum Gasteiger partial charge on any atom is 0.123 e. The molecule has 78 valence electrons. The summed E-state index contributed by atoms with van der Waals surface area (Å²) in [5, 5.41) is 4.78. The summed E-state index contributed by atoms with van der Waals surface area (Å²) in [4.78, 5) is 3.31. The van der Waals surface area contributed by atoms with Crippen LogP contribution in [0, 0.1) is 0 Å². The van der Waals surface area contributed by atoms with Crippen molar-refractivity contribution in [2.75, 3.05) is 6.54 Å². The number of aromatic nitrogens is 1. The van der Waals surface area contributed by atoms with Crippen molar-refractivity contribution < 1.29 is 0 Å². The van der Waals surface area contributed by atoms with E-state index in [2.05, 4.69) is 55.5 Å². The van der Waals surface area contributed by atoms with Crippen LogP contribution in [0.25, 0.3) is 10.9 Å². The van der Waals surface area contributed by atoms with E-state index in [1.807, 2.05) is 0 Å². The van der Waals surface area contributed by atoms with Gasteiger partial charge in [0.15, 0.2) is 0 Å². The Bertz CT molecular complexity index is 436. The zero-order chi connectivity index (χ0) is 10.7.